The highest BCUT2D eigenvalue weighted by atomic mass is 16.7. The number of carbonyl (C=O) groups is 1. The van der Waals surface area contributed by atoms with E-state index in [1.165, 1.54) is 0 Å². The zero-order valence-electron chi connectivity index (χ0n) is 10.4. The van der Waals surface area contributed by atoms with Crippen LogP contribution in [-0.4, -0.2) is 35.2 Å². The van der Waals surface area contributed by atoms with Gasteiger partial charge in [-0.15, -0.1) is 0 Å². The number of hydroxylamine groups is 2. The average molecular weight is 214 g/mol. The number of piperazine rings is 1. The van der Waals surface area contributed by atoms with Crippen LogP contribution in [0.25, 0.3) is 0 Å². The molecule has 4 nitrogen and oxygen atoms in total. The van der Waals surface area contributed by atoms with Crippen LogP contribution in [0, 0.1) is 0 Å². The van der Waals surface area contributed by atoms with Crippen molar-refractivity contribution in [2.45, 2.75) is 52.1 Å². The first-order valence-electron chi connectivity index (χ1n) is 5.54. The lowest BCUT2D eigenvalue weighted by atomic mass is 9.91. The molecule has 1 heterocycles. The zero-order valence-corrected chi connectivity index (χ0v) is 10.4. The van der Waals surface area contributed by atoms with Crippen molar-refractivity contribution in [1.29, 1.82) is 0 Å². The first-order chi connectivity index (χ1) is 6.82. The van der Waals surface area contributed by atoms with Crippen molar-refractivity contribution in [3.8, 4) is 0 Å². The first-order valence-corrected chi connectivity index (χ1v) is 5.54. The lowest BCUT2D eigenvalue weighted by Crippen LogP contribution is -2.70. The van der Waals surface area contributed by atoms with Gasteiger partial charge in [0, 0.05) is 6.54 Å². The maximum absolute atomic E-state index is 11.7. The van der Waals surface area contributed by atoms with E-state index in [0.717, 1.165) is 6.42 Å². The van der Waals surface area contributed by atoms with Crippen molar-refractivity contribution < 1.29 is 9.63 Å². The molecule has 0 bridgehead atoms. The predicted octanol–water partition coefficient (Wildman–Crippen LogP) is 1.32. The fourth-order valence-corrected chi connectivity index (χ4v) is 1.95. The molecule has 1 fully saturated rings. The van der Waals surface area contributed by atoms with Crippen molar-refractivity contribution >= 4 is 5.91 Å². The minimum Gasteiger partial charge on any atom is -0.353 e. The van der Waals surface area contributed by atoms with Gasteiger partial charge in [-0.05, 0) is 34.1 Å². The van der Waals surface area contributed by atoms with Crippen LogP contribution in [0.1, 0.15) is 41.0 Å². The number of hydrogen-bond acceptors (Lipinski definition) is 3. The van der Waals surface area contributed by atoms with Crippen LogP contribution < -0.4 is 5.32 Å². The summed E-state index contributed by atoms with van der Waals surface area (Å²) in [4.78, 5) is 17.4. The molecule has 1 saturated heterocycles. The molecule has 0 aromatic carbocycles. The maximum Gasteiger partial charge on any atom is 0.242 e. The fraction of sp³-hybridized carbons (Fsp3) is 0.909. The fourth-order valence-electron chi connectivity index (χ4n) is 1.95. The number of hydrogen-bond donors (Lipinski definition) is 1. The van der Waals surface area contributed by atoms with E-state index < -0.39 is 5.54 Å². The Balaban J connectivity index is 2.86. The quantitative estimate of drug-likeness (QED) is 0.770. The van der Waals surface area contributed by atoms with Crippen molar-refractivity contribution in [1.82, 2.24) is 10.4 Å². The van der Waals surface area contributed by atoms with Gasteiger partial charge in [0.2, 0.25) is 5.91 Å². The molecule has 15 heavy (non-hydrogen) atoms. The number of rotatable bonds is 3. The molecule has 1 amide bonds. The van der Waals surface area contributed by atoms with E-state index >= 15 is 0 Å². The van der Waals surface area contributed by atoms with Gasteiger partial charge >= 0.3 is 0 Å². The molecule has 1 N–H and O–H groups in total. The number of carbonyl (C=O) groups excluding carboxylic acids is 1. The molecule has 0 spiro atoms. The Morgan fingerprint density at radius 2 is 2.00 bits per heavy atom. The zero-order chi connectivity index (χ0) is 11.7. The Morgan fingerprint density at radius 3 is 2.53 bits per heavy atom. The third-order valence-electron chi connectivity index (χ3n) is 2.72. The molecular weight excluding hydrogens is 192 g/mol. The first kappa shape index (κ1) is 12.5. The maximum atomic E-state index is 11.7. The highest BCUT2D eigenvalue weighted by Crippen LogP contribution is 2.29. The van der Waals surface area contributed by atoms with Crippen LogP contribution in [0.15, 0.2) is 0 Å². The van der Waals surface area contributed by atoms with Crippen LogP contribution in [-0.2, 0) is 9.63 Å². The predicted molar refractivity (Wildman–Crippen MR) is 59.2 cm³/mol. The van der Waals surface area contributed by atoms with Gasteiger partial charge in [-0.2, -0.15) is 5.06 Å². The molecule has 0 unspecified atom stereocenters. The molecule has 88 valence electrons. The SMILES string of the molecule is CCCON1C(C)(C)CNC(=O)C1(C)C. The van der Waals surface area contributed by atoms with Crippen molar-refractivity contribution in [2.24, 2.45) is 0 Å². The largest absolute Gasteiger partial charge is 0.353 e. The third kappa shape index (κ3) is 2.32. The van der Waals surface area contributed by atoms with E-state index in [4.69, 9.17) is 4.84 Å². The monoisotopic (exact) mass is 214 g/mol. The second-order valence-corrected chi connectivity index (χ2v) is 5.18. The Hall–Kier alpha value is -0.610. The molecule has 0 radical (unpaired) electrons. The third-order valence-corrected chi connectivity index (χ3v) is 2.72. The lowest BCUT2D eigenvalue weighted by Gasteiger charge is -2.50. The summed E-state index contributed by atoms with van der Waals surface area (Å²) in [7, 11) is 0. The Kier molecular flexibility index (Phi) is 3.41. The summed E-state index contributed by atoms with van der Waals surface area (Å²) in [5.74, 6) is 0.0259. The van der Waals surface area contributed by atoms with E-state index in [-0.39, 0.29) is 11.4 Å². The smallest absolute Gasteiger partial charge is 0.242 e. The van der Waals surface area contributed by atoms with E-state index in [1.807, 2.05) is 18.9 Å². The summed E-state index contributed by atoms with van der Waals surface area (Å²) in [5.41, 5.74) is -0.760. The van der Waals surface area contributed by atoms with Gasteiger partial charge in [0.1, 0.15) is 5.54 Å². The van der Waals surface area contributed by atoms with Gasteiger partial charge in [0.15, 0.2) is 0 Å². The molecule has 0 saturated carbocycles. The van der Waals surface area contributed by atoms with Gasteiger partial charge in [-0.25, -0.2) is 0 Å². The van der Waals surface area contributed by atoms with E-state index in [1.54, 1.807) is 0 Å². The topological polar surface area (TPSA) is 41.6 Å². The van der Waals surface area contributed by atoms with Crippen LogP contribution >= 0.6 is 0 Å². The molecule has 0 aromatic heterocycles. The van der Waals surface area contributed by atoms with Gasteiger partial charge in [0.05, 0.1) is 12.1 Å². The molecule has 4 heteroatoms. The molecule has 1 rings (SSSR count). The van der Waals surface area contributed by atoms with Gasteiger partial charge < -0.3 is 5.32 Å². The van der Waals surface area contributed by atoms with Crippen LogP contribution in [0.3, 0.4) is 0 Å². The second kappa shape index (κ2) is 4.10. The van der Waals surface area contributed by atoms with Crippen LogP contribution in [0.2, 0.25) is 0 Å². The lowest BCUT2D eigenvalue weighted by molar-refractivity contribution is -0.267. The standard InChI is InChI=1S/C11H22N2O2/c1-6-7-15-13-10(2,3)8-12-9(14)11(13,4)5/h6-8H2,1-5H3,(H,12,14). The Labute approximate surface area is 91.9 Å². The van der Waals surface area contributed by atoms with Crippen molar-refractivity contribution in [3.63, 3.8) is 0 Å². The van der Waals surface area contributed by atoms with Crippen LogP contribution in [0.5, 0.6) is 0 Å². The summed E-state index contributed by atoms with van der Waals surface area (Å²) in [5, 5.41) is 4.74. The van der Waals surface area contributed by atoms with Crippen molar-refractivity contribution in [3.05, 3.63) is 0 Å². The highest BCUT2D eigenvalue weighted by molar-refractivity contribution is 5.86. The molecule has 0 aliphatic carbocycles. The van der Waals surface area contributed by atoms with E-state index in [9.17, 15) is 4.79 Å². The molecule has 1 aliphatic heterocycles. The molecule has 0 aromatic rings. The molecule has 1 aliphatic rings. The average Bonchev–Trinajstić information content (AvgIpc) is 2.12. The van der Waals surface area contributed by atoms with Gasteiger partial charge in [-0.3, -0.25) is 9.63 Å². The normalized spacial score (nSPS) is 25.0. The number of nitrogens with one attached hydrogen (secondary N) is 1. The minimum atomic E-state index is -0.600. The number of nitrogens with zero attached hydrogens (tertiary/aromatic N) is 1. The van der Waals surface area contributed by atoms with Crippen molar-refractivity contribution in [2.75, 3.05) is 13.2 Å². The van der Waals surface area contributed by atoms with E-state index in [2.05, 4.69) is 26.1 Å². The number of amides is 1. The summed E-state index contributed by atoms with van der Waals surface area (Å²) in [6.07, 6.45) is 0.949. The second-order valence-electron chi connectivity index (χ2n) is 5.18. The summed E-state index contributed by atoms with van der Waals surface area (Å²) in [6.45, 7) is 11.3. The van der Waals surface area contributed by atoms with Crippen LogP contribution in [0.4, 0.5) is 0 Å². The van der Waals surface area contributed by atoms with Gasteiger partial charge in [-0.1, -0.05) is 6.92 Å². The molecular formula is C11H22N2O2. The van der Waals surface area contributed by atoms with E-state index in [0.29, 0.717) is 13.2 Å². The summed E-state index contributed by atoms with van der Waals surface area (Å²) < 4.78 is 0. The Morgan fingerprint density at radius 1 is 1.40 bits per heavy atom. The Bertz CT molecular complexity index is 249. The highest BCUT2D eigenvalue weighted by Gasteiger charge is 2.48. The van der Waals surface area contributed by atoms with Gasteiger partial charge in [0.25, 0.3) is 0 Å². The summed E-state index contributed by atoms with van der Waals surface area (Å²) >= 11 is 0. The minimum absolute atomic E-state index is 0.0259. The summed E-state index contributed by atoms with van der Waals surface area (Å²) in [6, 6.07) is 0. The molecule has 0 atom stereocenters.